The Morgan fingerprint density at radius 1 is 1.16 bits per heavy atom. The van der Waals surface area contributed by atoms with Crippen LogP contribution in [0.2, 0.25) is 0 Å². The van der Waals surface area contributed by atoms with Crippen LogP contribution in [-0.4, -0.2) is 48.9 Å². The van der Waals surface area contributed by atoms with E-state index in [1.165, 1.54) is 47.6 Å². The number of aromatic nitrogens is 2. The molecule has 32 heavy (non-hydrogen) atoms. The number of benzene rings is 1. The molecule has 0 amide bonds. The van der Waals surface area contributed by atoms with E-state index in [1.807, 2.05) is 0 Å². The van der Waals surface area contributed by atoms with E-state index in [0.717, 1.165) is 58.7 Å². The van der Waals surface area contributed by atoms with Crippen molar-refractivity contribution in [2.24, 2.45) is 0 Å². The zero-order chi connectivity index (χ0) is 21.5. The molecule has 1 unspecified atom stereocenters. The summed E-state index contributed by atoms with van der Waals surface area (Å²) in [6, 6.07) is 7.40. The van der Waals surface area contributed by atoms with Gasteiger partial charge in [-0.15, -0.1) is 0 Å². The molecule has 2 saturated heterocycles. The molecule has 170 valence electrons. The van der Waals surface area contributed by atoms with Gasteiger partial charge in [0, 0.05) is 67.8 Å². The third-order valence-corrected chi connectivity index (χ3v) is 8.37. The van der Waals surface area contributed by atoms with Gasteiger partial charge in [-0.05, 0) is 61.6 Å². The van der Waals surface area contributed by atoms with E-state index in [4.69, 9.17) is 9.72 Å². The molecule has 6 nitrogen and oxygen atoms in total. The molecule has 0 saturated carbocycles. The highest BCUT2D eigenvalue weighted by molar-refractivity contribution is 5.64. The van der Waals surface area contributed by atoms with Crippen molar-refractivity contribution in [2.45, 2.75) is 69.4 Å². The molecule has 2 fully saturated rings. The standard InChI is InChI=1S/C26H35N5O/c1-18-5-6-21-23(18)25(30-17-29-21)31-11-9-26(10-12-31)16-28-22-4-2-3-19(24(22)26)15-27-20-7-13-32-14-8-20/h2-4,17-18,20,27-28H,5-16H2,1H3. The number of piperidine rings is 1. The lowest BCUT2D eigenvalue weighted by molar-refractivity contribution is 0.0775. The van der Waals surface area contributed by atoms with E-state index < -0.39 is 0 Å². The number of aryl methyl sites for hydroxylation is 1. The lowest BCUT2D eigenvalue weighted by Crippen LogP contribution is -2.45. The summed E-state index contributed by atoms with van der Waals surface area (Å²) < 4.78 is 5.53. The summed E-state index contributed by atoms with van der Waals surface area (Å²) in [4.78, 5) is 11.9. The molecule has 2 aromatic rings. The molecule has 3 aliphatic heterocycles. The molecule has 4 aliphatic rings. The Balaban J connectivity index is 1.21. The number of nitrogens with one attached hydrogen (secondary N) is 2. The highest BCUT2D eigenvalue weighted by Gasteiger charge is 2.43. The largest absolute Gasteiger partial charge is 0.384 e. The predicted molar refractivity (Wildman–Crippen MR) is 128 cm³/mol. The summed E-state index contributed by atoms with van der Waals surface area (Å²) >= 11 is 0. The van der Waals surface area contributed by atoms with Gasteiger partial charge in [0.1, 0.15) is 12.1 Å². The van der Waals surface area contributed by atoms with Crippen LogP contribution in [0.5, 0.6) is 0 Å². The third kappa shape index (κ3) is 3.48. The van der Waals surface area contributed by atoms with E-state index in [2.05, 4.69) is 45.6 Å². The molecule has 1 aromatic heterocycles. The summed E-state index contributed by atoms with van der Waals surface area (Å²) in [6.07, 6.45) is 8.68. The second kappa shape index (κ2) is 8.31. The summed E-state index contributed by atoms with van der Waals surface area (Å²) in [5.41, 5.74) is 7.32. The molecule has 6 heteroatoms. The Morgan fingerprint density at radius 3 is 2.84 bits per heavy atom. The van der Waals surface area contributed by atoms with Crippen LogP contribution in [0.3, 0.4) is 0 Å². The number of hydrogen-bond acceptors (Lipinski definition) is 6. The molecular formula is C26H35N5O. The van der Waals surface area contributed by atoms with Crippen molar-refractivity contribution in [3.05, 3.63) is 46.9 Å². The number of ether oxygens (including phenoxy) is 1. The molecule has 1 atom stereocenters. The second-order valence-corrected chi connectivity index (χ2v) is 10.2. The highest BCUT2D eigenvalue weighted by atomic mass is 16.5. The molecule has 2 N–H and O–H groups in total. The van der Waals surface area contributed by atoms with Crippen molar-refractivity contribution in [3.8, 4) is 0 Å². The van der Waals surface area contributed by atoms with Crippen molar-refractivity contribution in [1.29, 1.82) is 0 Å². The fraction of sp³-hybridized carbons (Fsp3) is 0.615. The summed E-state index contributed by atoms with van der Waals surface area (Å²) in [5.74, 6) is 1.78. The SMILES string of the molecule is CC1CCc2ncnc(N3CCC4(CC3)CNc3cccc(CNC5CCOCC5)c34)c21. The quantitative estimate of drug-likeness (QED) is 0.766. The molecular weight excluding hydrogens is 398 g/mol. The number of hydrogen-bond donors (Lipinski definition) is 2. The van der Waals surface area contributed by atoms with E-state index in [1.54, 1.807) is 11.9 Å². The molecule has 4 heterocycles. The van der Waals surface area contributed by atoms with E-state index >= 15 is 0 Å². The summed E-state index contributed by atoms with van der Waals surface area (Å²) in [6.45, 7) is 8.26. The van der Waals surface area contributed by atoms with Gasteiger partial charge < -0.3 is 20.3 Å². The normalized spacial score (nSPS) is 24.4. The average molecular weight is 434 g/mol. The minimum atomic E-state index is 0.238. The van der Waals surface area contributed by atoms with Gasteiger partial charge in [-0.3, -0.25) is 0 Å². The Kier molecular flexibility index (Phi) is 5.30. The zero-order valence-corrected chi connectivity index (χ0v) is 19.2. The van der Waals surface area contributed by atoms with Crippen molar-refractivity contribution in [3.63, 3.8) is 0 Å². The number of anilines is 2. The average Bonchev–Trinajstić information content (AvgIpc) is 3.40. The van der Waals surface area contributed by atoms with Gasteiger partial charge >= 0.3 is 0 Å². The van der Waals surface area contributed by atoms with Gasteiger partial charge in [0.15, 0.2) is 0 Å². The van der Waals surface area contributed by atoms with E-state index in [9.17, 15) is 0 Å². The first-order chi connectivity index (χ1) is 15.7. The van der Waals surface area contributed by atoms with Crippen molar-refractivity contribution >= 4 is 11.5 Å². The first-order valence-electron chi connectivity index (χ1n) is 12.5. The highest BCUT2D eigenvalue weighted by Crippen LogP contribution is 2.47. The first kappa shape index (κ1) is 20.4. The van der Waals surface area contributed by atoms with Crippen LogP contribution in [0.15, 0.2) is 24.5 Å². The van der Waals surface area contributed by atoms with Crippen LogP contribution in [-0.2, 0) is 23.1 Å². The third-order valence-electron chi connectivity index (χ3n) is 8.37. The van der Waals surface area contributed by atoms with Crippen LogP contribution in [0, 0.1) is 0 Å². The molecule has 1 aromatic carbocycles. The Labute approximate surface area is 191 Å². The molecule has 1 spiro atoms. The van der Waals surface area contributed by atoms with Gasteiger partial charge in [-0.2, -0.15) is 0 Å². The van der Waals surface area contributed by atoms with Gasteiger partial charge in [0.2, 0.25) is 0 Å². The van der Waals surface area contributed by atoms with E-state index in [0.29, 0.717) is 12.0 Å². The minimum Gasteiger partial charge on any atom is -0.384 e. The lowest BCUT2D eigenvalue weighted by atomic mass is 9.72. The van der Waals surface area contributed by atoms with Crippen LogP contribution in [0.1, 0.15) is 67.3 Å². The zero-order valence-electron chi connectivity index (χ0n) is 19.2. The van der Waals surface area contributed by atoms with Crippen molar-refractivity contribution in [2.75, 3.05) is 43.1 Å². The van der Waals surface area contributed by atoms with Gasteiger partial charge in [0.05, 0.1) is 0 Å². The van der Waals surface area contributed by atoms with Crippen LogP contribution in [0.25, 0.3) is 0 Å². The summed E-state index contributed by atoms with van der Waals surface area (Å²) in [7, 11) is 0. The maximum atomic E-state index is 5.53. The fourth-order valence-electron chi connectivity index (χ4n) is 6.48. The first-order valence-corrected chi connectivity index (χ1v) is 12.5. The predicted octanol–water partition coefficient (Wildman–Crippen LogP) is 3.76. The van der Waals surface area contributed by atoms with Gasteiger partial charge in [-0.25, -0.2) is 9.97 Å². The monoisotopic (exact) mass is 433 g/mol. The molecule has 6 rings (SSSR count). The number of fused-ring (bicyclic) bond motifs is 3. The summed E-state index contributed by atoms with van der Waals surface area (Å²) in [5, 5.41) is 7.57. The molecule has 0 bridgehead atoms. The van der Waals surface area contributed by atoms with Crippen LogP contribution < -0.4 is 15.5 Å². The smallest absolute Gasteiger partial charge is 0.135 e. The number of nitrogens with zero attached hydrogens (tertiary/aromatic N) is 3. The van der Waals surface area contributed by atoms with E-state index in [-0.39, 0.29) is 5.41 Å². The lowest BCUT2D eigenvalue weighted by Gasteiger charge is -2.41. The van der Waals surface area contributed by atoms with Crippen LogP contribution >= 0.6 is 0 Å². The van der Waals surface area contributed by atoms with Crippen molar-refractivity contribution < 1.29 is 4.74 Å². The second-order valence-electron chi connectivity index (χ2n) is 10.2. The number of rotatable bonds is 4. The fourth-order valence-corrected chi connectivity index (χ4v) is 6.48. The van der Waals surface area contributed by atoms with Gasteiger partial charge in [-0.1, -0.05) is 19.1 Å². The molecule has 1 aliphatic carbocycles. The molecule has 0 radical (unpaired) electrons. The maximum Gasteiger partial charge on any atom is 0.135 e. The van der Waals surface area contributed by atoms with Gasteiger partial charge in [0.25, 0.3) is 0 Å². The van der Waals surface area contributed by atoms with Crippen molar-refractivity contribution in [1.82, 2.24) is 15.3 Å². The Hall–Kier alpha value is -2.18. The Bertz CT molecular complexity index is 978. The minimum absolute atomic E-state index is 0.238. The van der Waals surface area contributed by atoms with Crippen LogP contribution in [0.4, 0.5) is 11.5 Å². The topological polar surface area (TPSA) is 62.3 Å². The maximum absolute atomic E-state index is 5.53. The Morgan fingerprint density at radius 2 is 2.00 bits per heavy atom.